The van der Waals surface area contributed by atoms with Crippen molar-refractivity contribution in [1.29, 1.82) is 0 Å². The fourth-order valence-corrected chi connectivity index (χ4v) is 2.10. The Hall–Kier alpha value is -2.43. The smallest absolute Gasteiger partial charge is 0.255 e. The van der Waals surface area contributed by atoms with Crippen LogP contribution in [-0.2, 0) is 0 Å². The molecule has 0 aliphatic rings. The molecule has 1 amide bonds. The van der Waals surface area contributed by atoms with Gasteiger partial charge in [-0.05, 0) is 42.8 Å². The summed E-state index contributed by atoms with van der Waals surface area (Å²) in [4.78, 5) is 14.0. The van der Waals surface area contributed by atoms with E-state index < -0.39 is 23.2 Å². The summed E-state index contributed by atoms with van der Waals surface area (Å²) in [5, 5.41) is 2.27. The van der Waals surface area contributed by atoms with Crippen LogP contribution in [-0.4, -0.2) is 20.0 Å². The number of amides is 1. The second kappa shape index (κ2) is 5.91. The molecule has 0 aliphatic carbocycles. The van der Waals surface area contributed by atoms with Crippen molar-refractivity contribution >= 4 is 17.3 Å². The van der Waals surface area contributed by atoms with Crippen molar-refractivity contribution < 1.29 is 13.6 Å². The van der Waals surface area contributed by atoms with E-state index in [2.05, 4.69) is 5.32 Å². The van der Waals surface area contributed by atoms with Crippen molar-refractivity contribution in [2.24, 2.45) is 0 Å². The molecule has 2 aromatic rings. The van der Waals surface area contributed by atoms with E-state index in [1.807, 2.05) is 25.9 Å². The van der Waals surface area contributed by atoms with E-state index in [1.165, 1.54) is 6.07 Å². The normalized spacial score (nSPS) is 10.3. The van der Waals surface area contributed by atoms with Crippen LogP contribution in [0.15, 0.2) is 36.4 Å². The third kappa shape index (κ3) is 3.18. The molecule has 110 valence electrons. The maximum Gasteiger partial charge on any atom is 0.255 e. The van der Waals surface area contributed by atoms with E-state index in [-0.39, 0.29) is 0 Å². The Labute approximate surface area is 122 Å². The SMILES string of the molecule is Cc1cc(C(=O)Nc2c(F)cccc2F)ccc1N(C)C. The van der Waals surface area contributed by atoms with E-state index in [4.69, 9.17) is 0 Å². The van der Waals surface area contributed by atoms with Gasteiger partial charge in [0.05, 0.1) is 0 Å². The topological polar surface area (TPSA) is 32.3 Å². The zero-order chi connectivity index (χ0) is 15.6. The predicted octanol–water partition coefficient (Wildman–Crippen LogP) is 3.59. The van der Waals surface area contributed by atoms with E-state index in [0.29, 0.717) is 5.56 Å². The van der Waals surface area contributed by atoms with Gasteiger partial charge in [-0.25, -0.2) is 8.78 Å². The Morgan fingerprint density at radius 3 is 2.24 bits per heavy atom. The van der Waals surface area contributed by atoms with Gasteiger partial charge in [-0.3, -0.25) is 4.79 Å². The Kier molecular flexibility index (Phi) is 4.21. The second-order valence-electron chi connectivity index (χ2n) is 4.95. The average Bonchev–Trinajstić information content (AvgIpc) is 2.42. The number of halogens is 2. The zero-order valence-corrected chi connectivity index (χ0v) is 12.1. The molecule has 0 spiro atoms. The van der Waals surface area contributed by atoms with Gasteiger partial charge >= 0.3 is 0 Å². The van der Waals surface area contributed by atoms with Crippen LogP contribution < -0.4 is 10.2 Å². The van der Waals surface area contributed by atoms with E-state index in [1.54, 1.807) is 18.2 Å². The third-order valence-corrected chi connectivity index (χ3v) is 3.14. The lowest BCUT2D eigenvalue weighted by Gasteiger charge is -2.16. The number of hydrogen-bond donors (Lipinski definition) is 1. The van der Waals surface area contributed by atoms with Crippen LogP contribution in [0.5, 0.6) is 0 Å². The molecule has 0 saturated carbocycles. The lowest BCUT2D eigenvalue weighted by atomic mass is 10.1. The lowest BCUT2D eigenvalue weighted by Crippen LogP contribution is -2.16. The van der Waals surface area contributed by atoms with E-state index in [9.17, 15) is 13.6 Å². The minimum absolute atomic E-state index is 0.348. The van der Waals surface area contributed by atoms with Crippen molar-refractivity contribution in [1.82, 2.24) is 0 Å². The van der Waals surface area contributed by atoms with Gasteiger partial charge in [0.15, 0.2) is 0 Å². The molecule has 1 N–H and O–H groups in total. The lowest BCUT2D eigenvalue weighted by molar-refractivity contribution is 0.102. The molecule has 0 radical (unpaired) electrons. The number of benzene rings is 2. The van der Waals surface area contributed by atoms with Crippen molar-refractivity contribution in [3.8, 4) is 0 Å². The van der Waals surface area contributed by atoms with Crippen LogP contribution in [0.3, 0.4) is 0 Å². The quantitative estimate of drug-likeness (QED) is 0.937. The highest BCUT2D eigenvalue weighted by Crippen LogP contribution is 2.22. The molecule has 0 aliphatic heterocycles. The molecule has 0 saturated heterocycles. The molecule has 2 rings (SSSR count). The zero-order valence-electron chi connectivity index (χ0n) is 12.1. The van der Waals surface area contributed by atoms with E-state index >= 15 is 0 Å². The Balaban J connectivity index is 2.27. The Morgan fingerprint density at radius 2 is 1.71 bits per heavy atom. The summed E-state index contributed by atoms with van der Waals surface area (Å²) in [7, 11) is 3.80. The highest BCUT2D eigenvalue weighted by Gasteiger charge is 2.14. The molecule has 5 heteroatoms. The average molecular weight is 290 g/mol. The summed E-state index contributed by atoms with van der Waals surface area (Å²) in [6.45, 7) is 1.87. The summed E-state index contributed by atoms with van der Waals surface area (Å²) in [6.07, 6.45) is 0. The molecule has 0 fully saturated rings. The molecule has 0 bridgehead atoms. The fraction of sp³-hybridized carbons (Fsp3) is 0.188. The third-order valence-electron chi connectivity index (χ3n) is 3.14. The molecular weight excluding hydrogens is 274 g/mol. The van der Waals surface area contributed by atoms with Gasteiger partial charge < -0.3 is 10.2 Å². The van der Waals surface area contributed by atoms with Gasteiger partial charge in [0, 0.05) is 25.3 Å². The van der Waals surface area contributed by atoms with Gasteiger partial charge in [-0.1, -0.05) is 6.07 Å². The van der Waals surface area contributed by atoms with Crippen LogP contribution in [0.25, 0.3) is 0 Å². The fourth-order valence-electron chi connectivity index (χ4n) is 2.10. The predicted molar refractivity (Wildman–Crippen MR) is 79.8 cm³/mol. The summed E-state index contributed by atoms with van der Waals surface area (Å²) >= 11 is 0. The van der Waals surface area contributed by atoms with Crippen LogP contribution >= 0.6 is 0 Å². The maximum atomic E-state index is 13.5. The molecule has 21 heavy (non-hydrogen) atoms. The van der Waals surface area contributed by atoms with Gasteiger partial charge in [0.2, 0.25) is 0 Å². The maximum absolute atomic E-state index is 13.5. The van der Waals surface area contributed by atoms with Gasteiger partial charge in [0.25, 0.3) is 5.91 Å². The second-order valence-corrected chi connectivity index (χ2v) is 4.95. The monoisotopic (exact) mass is 290 g/mol. The molecule has 3 nitrogen and oxygen atoms in total. The number of rotatable bonds is 3. The van der Waals surface area contributed by atoms with Gasteiger partial charge in [-0.15, -0.1) is 0 Å². The van der Waals surface area contributed by atoms with Crippen molar-refractivity contribution in [3.63, 3.8) is 0 Å². The first-order chi connectivity index (χ1) is 9.90. The molecule has 0 unspecified atom stereocenters. The minimum Gasteiger partial charge on any atom is -0.377 e. The molecular formula is C16H16F2N2O. The largest absolute Gasteiger partial charge is 0.377 e. The van der Waals surface area contributed by atoms with Crippen LogP contribution in [0, 0.1) is 18.6 Å². The number of para-hydroxylation sites is 1. The van der Waals surface area contributed by atoms with Crippen LogP contribution in [0.4, 0.5) is 20.2 Å². The number of carbonyl (C=O) groups is 1. The van der Waals surface area contributed by atoms with Gasteiger partial charge in [-0.2, -0.15) is 0 Å². The summed E-state index contributed by atoms with van der Waals surface area (Å²) < 4.78 is 27.0. The van der Waals surface area contributed by atoms with Gasteiger partial charge in [0.1, 0.15) is 17.3 Å². The molecule has 0 heterocycles. The number of hydrogen-bond acceptors (Lipinski definition) is 2. The van der Waals surface area contributed by atoms with Crippen molar-refractivity contribution in [3.05, 3.63) is 59.2 Å². The first-order valence-electron chi connectivity index (χ1n) is 6.43. The van der Waals surface area contributed by atoms with Crippen molar-refractivity contribution in [2.45, 2.75) is 6.92 Å². The number of nitrogens with one attached hydrogen (secondary N) is 1. The Morgan fingerprint density at radius 1 is 1.10 bits per heavy atom. The summed E-state index contributed by atoms with van der Waals surface area (Å²) in [5.41, 5.74) is 1.79. The number of nitrogens with zero attached hydrogens (tertiary/aromatic N) is 1. The minimum atomic E-state index is -0.801. The van der Waals surface area contributed by atoms with E-state index in [0.717, 1.165) is 23.4 Å². The first-order valence-corrected chi connectivity index (χ1v) is 6.43. The van der Waals surface area contributed by atoms with Crippen LogP contribution in [0.1, 0.15) is 15.9 Å². The van der Waals surface area contributed by atoms with Crippen LogP contribution in [0.2, 0.25) is 0 Å². The Bertz CT molecular complexity index is 664. The van der Waals surface area contributed by atoms with Crippen molar-refractivity contribution in [2.75, 3.05) is 24.3 Å². The number of carbonyl (C=O) groups excluding carboxylic acids is 1. The molecule has 0 atom stereocenters. The summed E-state index contributed by atoms with van der Waals surface area (Å²) in [6, 6.07) is 8.54. The highest BCUT2D eigenvalue weighted by atomic mass is 19.1. The number of aryl methyl sites for hydroxylation is 1. The molecule has 0 aromatic heterocycles. The first kappa shape index (κ1) is 15.0. The summed E-state index contributed by atoms with van der Waals surface area (Å²) in [5.74, 6) is -2.15. The number of anilines is 2. The standard InChI is InChI=1S/C16H16F2N2O/c1-10-9-11(7-8-14(10)20(2)3)16(21)19-15-12(17)5-4-6-13(15)18/h4-9H,1-3H3,(H,19,21). The molecule has 2 aromatic carbocycles. The highest BCUT2D eigenvalue weighted by molar-refractivity contribution is 6.04.